The van der Waals surface area contributed by atoms with Crippen molar-refractivity contribution in [1.29, 1.82) is 0 Å². The van der Waals surface area contributed by atoms with Crippen molar-refractivity contribution in [2.24, 2.45) is 0 Å². The standard InChI is InChI=1S/C17H19ClN2O3S/c1-12(13-4-8-15(18)9-5-13)19-17(21)14-6-10-16(11-7-14)24(22,23)20(2)3/h4-12H,1-3H3,(H,19,21). The SMILES string of the molecule is CC(NC(=O)c1ccc(S(=O)(=O)N(C)C)cc1)c1ccc(Cl)cc1. The lowest BCUT2D eigenvalue weighted by Crippen LogP contribution is -2.27. The maximum absolute atomic E-state index is 12.3. The summed E-state index contributed by atoms with van der Waals surface area (Å²) in [6.45, 7) is 1.87. The van der Waals surface area contributed by atoms with E-state index in [4.69, 9.17) is 11.6 Å². The fourth-order valence-electron chi connectivity index (χ4n) is 2.10. The number of rotatable bonds is 5. The molecule has 128 valence electrons. The second-order valence-electron chi connectivity index (χ2n) is 5.56. The fraction of sp³-hybridized carbons (Fsp3) is 0.235. The zero-order valence-corrected chi connectivity index (χ0v) is 15.2. The predicted octanol–water partition coefficient (Wildman–Crippen LogP) is 3.08. The Bertz CT molecular complexity index is 816. The van der Waals surface area contributed by atoms with Crippen molar-refractivity contribution < 1.29 is 13.2 Å². The van der Waals surface area contributed by atoms with E-state index >= 15 is 0 Å². The number of amides is 1. The fourth-order valence-corrected chi connectivity index (χ4v) is 3.13. The number of hydrogen-bond acceptors (Lipinski definition) is 3. The van der Waals surface area contributed by atoms with Crippen LogP contribution in [0.2, 0.25) is 5.02 Å². The van der Waals surface area contributed by atoms with Crippen LogP contribution in [0.4, 0.5) is 0 Å². The Morgan fingerprint density at radius 3 is 2.08 bits per heavy atom. The highest BCUT2D eigenvalue weighted by atomic mass is 35.5. The van der Waals surface area contributed by atoms with Crippen LogP contribution in [0.1, 0.15) is 28.9 Å². The molecule has 2 aromatic carbocycles. The van der Waals surface area contributed by atoms with Crippen molar-refractivity contribution in [3.05, 3.63) is 64.7 Å². The van der Waals surface area contributed by atoms with Crippen LogP contribution in [-0.4, -0.2) is 32.7 Å². The second kappa shape index (κ2) is 7.34. The summed E-state index contributed by atoms with van der Waals surface area (Å²) in [6, 6.07) is 12.9. The highest BCUT2D eigenvalue weighted by Gasteiger charge is 2.18. The normalized spacial score (nSPS) is 12.9. The van der Waals surface area contributed by atoms with Crippen molar-refractivity contribution in [2.45, 2.75) is 17.9 Å². The molecule has 0 heterocycles. The molecule has 2 aromatic rings. The average molecular weight is 367 g/mol. The molecule has 0 fully saturated rings. The molecule has 0 saturated heterocycles. The third kappa shape index (κ3) is 4.14. The zero-order chi connectivity index (χ0) is 17.9. The van der Waals surface area contributed by atoms with E-state index in [2.05, 4.69) is 5.32 Å². The summed E-state index contributed by atoms with van der Waals surface area (Å²) < 4.78 is 25.2. The van der Waals surface area contributed by atoms with Gasteiger partial charge in [-0.15, -0.1) is 0 Å². The van der Waals surface area contributed by atoms with Crippen LogP contribution in [0.15, 0.2) is 53.4 Å². The van der Waals surface area contributed by atoms with Crippen molar-refractivity contribution in [3.8, 4) is 0 Å². The third-order valence-corrected chi connectivity index (χ3v) is 5.69. The van der Waals surface area contributed by atoms with Crippen LogP contribution >= 0.6 is 11.6 Å². The van der Waals surface area contributed by atoms with E-state index in [1.54, 1.807) is 12.1 Å². The van der Waals surface area contributed by atoms with Gasteiger partial charge in [0.2, 0.25) is 10.0 Å². The third-order valence-electron chi connectivity index (χ3n) is 3.61. The van der Waals surface area contributed by atoms with E-state index in [1.165, 1.54) is 38.4 Å². The summed E-state index contributed by atoms with van der Waals surface area (Å²) in [5.74, 6) is -0.272. The van der Waals surface area contributed by atoms with Gasteiger partial charge in [-0.2, -0.15) is 0 Å². The summed E-state index contributed by atoms with van der Waals surface area (Å²) >= 11 is 5.85. The van der Waals surface area contributed by atoms with Gasteiger partial charge in [0.1, 0.15) is 0 Å². The first kappa shape index (κ1) is 18.4. The van der Waals surface area contributed by atoms with Crippen molar-refractivity contribution in [1.82, 2.24) is 9.62 Å². The summed E-state index contributed by atoms with van der Waals surface area (Å²) in [5, 5.41) is 3.51. The molecule has 0 aromatic heterocycles. The Morgan fingerprint density at radius 1 is 1.04 bits per heavy atom. The first-order valence-electron chi connectivity index (χ1n) is 7.31. The van der Waals surface area contributed by atoms with E-state index in [-0.39, 0.29) is 16.8 Å². The molecule has 1 N–H and O–H groups in total. The van der Waals surface area contributed by atoms with Crippen LogP contribution in [0.3, 0.4) is 0 Å². The number of hydrogen-bond donors (Lipinski definition) is 1. The molecule has 24 heavy (non-hydrogen) atoms. The molecule has 0 aliphatic rings. The van der Waals surface area contributed by atoms with Crippen LogP contribution in [-0.2, 0) is 10.0 Å². The van der Waals surface area contributed by atoms with Gasteiger partial charge in [-0.25, -0.2) is 12.7 Å². The number of nitrogens with zero attached hydrogens (tertiary/aromatic N) is 1. The highest BCUT2D eigenvalue weighted by Crippen LogP contribution is 2.18. The van der Waals surface area contributed by atoms with E-state index in [0.29, 0.717) is 10.6 Å². The topological polar surface area (TPSA) is 66.5 Å². The van der Waals surface area contributed by atoms with E-state index < -0.39 is 10.0 Å². The maximum atomic E-state index is 12.3. The Morgan fingerprint density at radius 2 is 1.58 bits per heavy atom. The first-order valence-corrected chi connectivity index (χ1v) is 9.12. The lowest BCUT2D eigenvalue weighted by atomic mass is 10.1. The second-order valence-corrected chi connectivity index (χ2v) is 8.15. The summed E-state index contributed by atoms with van der Waals surface area (Å²) in [5.41, 5.74) is 1.33. The monoisotopic (exact) mass is 366 g/mol. The van der Waals surface area contributed by atoms with Crippen molar-refractivity contribution >= 4 is 27.5 Å². The number of carbonyl (C=O) groups excluding carboxylic acids is 1. The molecule has 0 spiro atoms. The van der Waals surface area contributed by atoms with Crippen molar-refractivity contribution in [3.63, 3.8) is 0 Å². The molecule has 0 saturated carbocycles. The molecule has 5 nitrogen and oxygen atoms in total. The number of sulfonamides is 1. The van der Waals surface area contributed by atoms with E-state index in [0.717, 1.165) is 9.87 Å². The van der Waals surface area contributed by atoms with Gasteiger partial charge < -0.3 is 5.32 Å². The largest absolute Gasteiger partial charge is 0.346 e. The van der Waals surface area contributed by atoms with Gasteiger partial charge in [0, 0.05) is 24.7 Å². The number of benzene rings is 2. The molecule has 7 heteroatoms. The molecule has 0 aliphatic heterocycles. The molecule has 1 amide bonds. The lowest BCUT2D eigenvalue weighted by Gasteiger charge is -2.15. The molecule has 1 atom stereocenters. The quantitative estimate of drug-likeness (QED) is 0.884. The first-order chi connectivity index (χ1) is 11.2. The minimum Gasteiger partial charge on any atom is -0.346 e. The minimum atomic E-state index is -3.50. The molecular formula is C17H19ClN2O3S. The van der Waals surface area contributed by atoms with Crippen LogP contribution in [0.25, 0.3) is 0 Å². The van der Waals surface area contributed by atoms with Crippen LogP contribution in [0.5, 0.6) is 0 Å². The molecule has 0 aliphatic carbocycles. The number of nitrogens with one attached hydrogen (secondary N) is 1. The van der Waals surface area contributed by atoms with Crippen LogP contribution in [0, 0.1) is 0 Å². The van der Waals surface area contributed by atoms with Gasteiger partial charge in [0.05, 0.1) is 10.9 Å². The van der Waals surface area contributed by atoms with Gasteiger partial charge in [0.15, 0.2) is 0 Å². The van der Waals surface area contributed by atoms with Gasteiger partial charge in [-0.3, -0.25) is 4.79 Å². The Hall–Kier alpha value is -1.89. The lowest BCUT2D eigenvalue weighted by molar-refractivity contribution is 0.0940. The molecule has 2 rings (SSSR count). The Kier molecular flexibility index (Phi) is 5.64. The Labute approximate surface area is 147 Å². The van der Waals surface area contributed by atoms with E-state index in [9.17, 15) is 13.2 Å². The molecular weight excluding hydrogens is 348 g/mol. The maximum Gasteiger partial charge on any atom is 0.251 e. The smallest absolute Gasteiger partial charge is 0.251 e. The molecule has 0 bridgehead atoms. The number of halogens is 1. The molecule has 1 unspecified atom stereocenters. The average Bonchev–Trinajstić information content (AvgIpc) is 2.55. The summed E-state index contributed by atoms with van der Waals surface area (Å²) in [4.78, 5) is 12.4. The Balaban J connectivity index is 2.11. The minimum absolute atomic E-state index is 0.148. The van der Waals surface area contributed by atoms with Gasteiger partial charge in [-0.1, -0.05) is 23.7 Å². The number of carbonyl (C=O) groups is 1. The van der Waals surface area contributed by atoms with Gasteiger partial charge in [0.25, 0.3) is 5.91 Å². The van der Waals surface area contributed by atoms with Gasteiger partial charge >= 0.3 is 0 Å². The highest BCUT2D eigenvalue weighted by molar-refractivity contribution is 7.89. The predicted molar refractivity (Wildman–Crippen MR) is 94.6 cm³/mol. The van der Waals surface area contributed by atoms with Crippen LogP contribution < -0.4 is 5.32 Å². The van der Waals surface area contributed by atoms with Gasteiger partial charge in [-0.05, 0) is 48.9 Å². The van der Waals surface area contributed by atoms with E-state index in [1.807, 2.05) is 19.1 Å². The van der Waals surface area contributed by atoms with Crippen molar-refractivity contribution in [2.75, 3.05) is 14.1 Å². The summed E-state index contributed by atoms with van der Waals surface area (Å²) in [6.07, 6.45) is 0. The summed E-state index contributed by atoms with van der Waals surface area (Å²) in [7, 11) is -0.576. The molecule has 0 radical (unpaired) electrons. The zero-order valence-electron chi connectivity index (χ0n) is 13.7.